The van der Waals surface area contributed by atoms with Crippen LogP contribution in [0.2, 0.25) is 0 Å². The number of carbonyl (C=O) groups is 2. The average molecular weight is 532 g/mol. The van der Waals surface area contributed by atoms with Crippen LogP contribution in [-0.2, 0) is 4.79 Å². The van der Waals surface area contributed by atoms with E-state index in [0.29, 0.717) is 23.6 Å². The van der Waals surface area contributed by atoms with E-state index in [4.69, 9.17) is 4.98 Å². The second-order valence-corrected chi connectivity index (χ2v) is 8.44. The molecule has 3 aromatic rings. The number of likely N-dealkylation sites (N-methyl/N-ethyl adjacent to an activating group) is 1. The summed E-state index contributed by atoms with van der Waals surface area (Å²) in [4.78, 5) is 30.1. The number of imide groups is 1. The van der Waals surface area contributed by atoms with Crippen molar-refractivity contribution in [1.82, 2.24) is 30.1 Å². The van der Waals surface area contributed by atoms with Crippen molar-refractivity contribution in [1.29, 1.82) is 0 Å². The van der Waals surface area contributed by atoms with Gasteiger partial charge in [-0.1, -0.05) is 6.07 Å². The molecule has 160 valence electrons. The number of nitrogens with one attached hydrogen (secondary N) is 4. The van der Waals surface area contributed by atoms with Gasteiger partial charge in [0.05, 0.1) is 6.20 Å². The maximum atomic E-state index is 11.9. The van der Waals surface area contributed by atoms with Gasteiger partial charge in [-0.2, -0.15) is 9.61 Å². The van der Waals surface area contributed by atoms with Crippen LogP contribution in [0.25, 0.3) is 11.7 Å². The van der Waals surface area contributed by atoms with Gasteiger partial charge in [-0.25, -0.2) is 9.78 Å². The summed E-state index contributed by atoms with van der Waals surface area (Å²) in [5.41, 5.74) is 2.21. The number of carbonyl (C=O) groups excluding carboxylic acids is 2. The molecule has 0 saturated carbocycles. The number of amides is 3. The van der Waals surface area contributed by atoms with Crippen molar-refractivity contribution in [2.45, 2.75) is 0 Å². The predicted molar refractivity (Wildman–Crippen MR) is 127 cm³/mol. The molecule has 0 unspecified atom stereocenters. The van der Waals surface area contributed by atoms with Crippen LogP contribution in [0.15, 0.2) is 42.2 Å². The Bertz CT molecular complexity index is 1190. The fourth-order valence-corrected chi connectivity index (χ4v) is 3.57. The van der Waals surface area contributed by atoms with Gasteiger partial charge in [0.25, 0.3) is 5.91 Å². The van der Waals surface area contributed by atoms with Crippen LogP contribution in [-0.4, -0.2) is 58.6 Å². The summed E-state index contributed by atoms with van der Waals surface area (Å²) < 4.78 is 2.78. The SMILES string of the molecule is CN(C)CCNc1cc(Nc2cccc(I)c2)nc2c(/C=C3\NC(=O)NC3=O)cnn12. The Kier molecular flexibility index (Phi) is 6.04. The van der Waals surface area contributed by atoms with Crippen molar-refractivity contribution in [2.24, 2.45) is 0 Å². The molecule has 4 N–H and O–H groups in total. The van der Waals surface area contributed by atoms with Crippen molar-refractivity contribution in [2.75, 3.05) is 37.8 Å². The normalized spacial score (nSPS) is 14.9. The van der Waals surface area contributed by atoms with Crippen LogP contribution in [0.1, 0.15) is 5.56 Å². The molecule has 11 heteroatoms. The zero-order valence-corrected chi connectivity index (χ0v) is 19.1. The Morgan fingerprint density at radius 1 is 1.23 bits per heavy atom. The third-order valence-electron chi connectivity index (χ3n) is 4.48. The summed E-state index contributed by atoms with van der Waals surface area (Å²) in [5.74, 6) is 0.897. The molecule has 1 fully saturated rings. The molecule has 3 amide bonds. The lowest BCUT2D eigenvalue weighted by atomic mass is 10.2. The van der Waals surface area contributed by atoms with Crippen molar-refractivity contribution < 1.29 is 9.59 Å². The van der Waals surface area contributed by atoms with E-state index >= 15 is 0 Å². The highest BCUT2D eigenvalue weighted by Crippen LogP contribution is 2.24. The van der Waals surface area contributed by atoms with Crippen molar-refractivity contribution in [3.63, 3.8) is 0 Å². The van der Waals surface area contributed by atoms with Gasteiger partial charge in [0, 0.05) is 34.0 Å². The molecule has 1 aliphatic heterocycles. The van der Waals surface area contributed by atoms with Gasteiger partial charge < -0.3 is 20.9 Å². The first-order chi connectivity index (χ1) is 14.9. The number of anilines is 3. The highest BCUT2D eigenvalue weighted by Gasteiger charge is 2.23. The fraction of sp³-hybridized carbons (Fsp3) is 0.200. The molecular weight excluding hydrogens is 511 g/mol. The van der Waals surface area contributed by atoms with E-state index in [1.807, 2.05) is 44.4 Å². The lowest BCUT2D eigenvalue weighted by Gasteiger charge is -2.14. The first-order valence-electron chi connectivity index (χ1n) is 9.53. The van der Waals surface area contributed by atoms with Gasteiger partial charge in [-0.05, 0) is 61.0 Å². The molecule has 1 aliphatic rings. The highest BCUT2D eigenvalue weighted by atomic mass is 127. The Balaban J connectivity index is 1.73. The minimum atomic E-state index is -0.548. The molecule has 0 aliphatic carbocycles. The minimum Gasteiger partial charge on any atom is -0.369 e. The quantitative estimate of drug-likeness (QED) is 0.210. The molecule has 10 nitrogen and oxygen atoms in total. The summed E-state index contributed by atoms with van der Waals surface area (Å²) in [6.07, 6.45) is 3.17. The van der Waals surface area contributed by atoms with E-state index in [-0.39, 0.29) is 5.70 Å². The van der Waals surface area contributed by atoms with Gasteiger partial charge in [0.2, 0.25) is 0 Å². The van der Waals surface area contributed by atoms with Crippen LogP contribution >= 0.6 is 22.6 Å². The van der Waals surface area contributed by atoms with E-state index in [0.717, 1.165) is 21.6 Å². The van der Waals surface area contributed by atoms with Gasteiger partial charge in [0.1, 0.15) is 17.3 Å². The van der Waals surface area contributed by atoms with Crippen LogP contribution in [0.5, 0.6) is 0 Å². The molecule has 4 rings (SSSR count). The van der Waals surface area contributed by atoms with Crippen LogP contribution in [0.3, 0.4) is 0 Å². The van der Waals surface area contributed by atoms with Crippen molar-refractivity contribution in [3.05, 3.63) is 51.4 Å². The third-order valence-corrected chi connectivity index (χ3v) is 5.15. The Hall–Kier alpha value is -3.19. The molecular formula is C20H21IN8O2. The van der Waals surface area contributed by atoms with Gasteiger partial charge in [0.15, 0.2) is 5.65 Å². The van der Waals surface area contributed by atoms with E-state index in [1.54, 1.807) is 16.8 Å². The largest absolute Gasteiger partial charge is 0.369 e. The van der Waals surface area contributed by atoms with E-state index in [9.17, 15) is 9.59 Å². The third kappa shape index (κ3) is 4.94. The lowest BCUT2D eigenvalue weighted by molar-refractivity contribution is -0.115. The van der Waals surface area contributed by atoms with Crippen molar-refractivity contribution in [3.8, 4) is 0 Å². The number of halogens is 1. The maximum absolute atomic E-state index is 11.9. The summed E-state index contributed by atoms with van der Waals surface area (Å²) in [5, 5.41) is 15.8. The number of benzene rings is 1. The highest BCUT2D eigenvalue weighted by molar-refractivity contribution is 14.1. The zero-order chi connectivity index (χ0) is 22.0. The number of rotatable bonds is 7. The fourth-order valence-electron chi connectivity index (χ4n) is 3.03. The Labute approximate surface area is 192 Å². The zero-order valence-electron chi connectivity index (χ0n) is 16.9. The average Bonchev–Trinajstić information content (AvgIpc) is 3.24. The van der Waals surface area contributed by atoms with Crippen molar-refractivity contribution >= 4 is 63.6 Å². The predicted octanol–water partition coefficient (Wildman–Crippen LogP) is 2.23. The number of nitrogens with zero attached hydrogens (tertiary/aromatic N) is 4. The monoisotopic (exact) mass is 532 g/mol. The second kappa shape index (κ2) is 8.89. The van der Waals surface area contributed by atoms with Gasteiger partial charge in [-0.15, -0.1) is 0 Å². The molecule has 0 atom stereocenters. The van der Waals surface area contributed by atoms with E-state index < -0.39 is 11.9 Å². The Morgan fingerprint density at radius 2 is 2.06 bits per heavy atom. The lowest BCUT2D eigenvalue weighted by Crippen LogP contribution is -2.22. The van der Waals surface area contributed by atoms with Crippen LogP contribution < -0.4 is 21.3 Å². The topological polar surface area (TPSA) is 116 Å². The summed E-state index contributed by atoms with van der Waals surface area (Å²) >= 11 is 2.26. The van der Waals surface area contributed by atoms with Crippen LogP contribution in [0.4, 0.5) is 22.1 Å². The molecule has 31 heavy (non-hydrogen) atoms. The van der Waals surface area contributed by atoms with E-state index in [2.05, 4.69) is 53.9 Å². The summed E-state index contributed by atoms with van der Waals surface area (Å²) in [6, 6.07) is 9.30. The summed E-state index contributed by atoms with van der Waals surface area (Å²) in [7, 11) is 4.01. The summed E-state index contributed by atoms with van der Waals surface area (Å²) in [6.45, 7) is 1.55. The molecule has 2 aromatic heterocycles. The first-order valence-corrected chi connectivity index (χ1v) is 10.6. The molecule has 1 aromatic carbocycles. The first kappa shape index (κ1) is 21.1. The van der Waals surface area contributed by atoms with Gasteiger partial charge >= 0.3 is 6.03 Å². The smallest absolute Gasteiger partial charge is 0.326 e. The Morgan fingerprint density at radius 3 is 2.77 bits per heavy atom. The van der Waals surface area contributed by atoms with E-state index in [1.165, 1.54) is 0 Å². The maximum Gasteiger partial charge on any atom is 0.326 e. The molecule has 1 saturated heterocycles. The van der Waals surface area contributed by atoms with Crippen LogP contribution in [0, 0.1) is 3.57 Å². The molecule has 3 heterocycles. The number of urea groups is 1. The second-order valence-electron chi connectivity index (χ2n) is 7.19. The number of hydrogen-bond donors (Lipinski definition) is 4. The number of fused-ring (bicyclic) bond motifs is 1. The standard InChI is InChI=1S/C20H21IN8O2/c1-28(2)7-6-22-17-10-16(24-14-5-3-4-13(21)9-14)26-18-12(11-23-29(17)18)8-15-19(30)27-20(31)25-15/h3-5,8-11,22H,6-7H2,1-2H3,(H,24,26)(H2,25,27,30,31)/b15-8-. The number of aromatic nitrogens is 3. The molecule has 0 bridgehead atoms. The minimum absolute atomic E-state index is 0.153. The number of hydrogen-bond acceptors (Lipinski definition) is 7. The molecule has 0 radical (unpaired) electrons. The molecule has 0 spiro atoms. The van der Waals surface area contributed by atoms with Gasteiger partial charge in [-0.3, -0.25) is 10.1 Å².